The number of nitrogens with zero attached hydrogens (tertiary/aromatic N) is 4. The van der Waals surface area contributed by atoms with Crippen LogP contribution >= 0.6 is 0 Å². The highest BCUT2D eigenvalue weighted by Gasteiger charge is 2.35. The van der Waals surface area contributed by atoms with E-state index in [2.05, 4.69) is 10.5 Å². The molecular formula is C17H13N5O6. The molecule has 0 spiro atoms. The quantitative estimate of drug-likeness (QED) is 0.349. The number of hydrogen-bond acceptors (Lipinski definition) is 8. The number of fused-ring (bicyclic) bond motifs is 1. The smallest absolute Gasteiger partial charge is 0.272 e. The number of anilines is 1. The van der Waals surface area contributed by atoms with Crippen molar-refractivity contribution in [3.8, 4) is 0 Å². The molecule has 1 heterocycles. The number of carbonyl (C=O) groups excluding carboxylic acids is 2. The lowest BCUT2D eigenvalue weighted by atomic mass is 10.1. The maximum absolute atomic E-state index is 12.3. The van der Waals surface area contributed by atoms with Gasteiger partial charge >= 0.3 is 5.69 Å². The van der Waals surface area contributed by atoms with Gasteiger partial charge in [0, 0.05) is 6.07 Å². The highest BCUT2D eigenvalue weighted by molar-refractivity contribution is 6.22. The van der Waals surface area contributed by atoms with Gasteiger partial charge in [0.2, 0.25) is 0 Å². The summed E-state index contributed by atoms with van der Waals surface area (Å²) in [5, 5.41) is 25.8. The van der Waals surface area contributed by atoms with E-state index >= 15 is 0 Å². The molecule has 0 radical (unpaired) electrons. The third-order valence-electron chi connectivity index (χ3n) is 4.02. The minimum Gasteiger partial charge on any atom is -0.272 e. The summed E-state index contributed by atoms with van der Waals surface area (Å²) in [6.45, 7) is 1.42. The summed E-state index contributed by atoms with van der Waals surface area (Å²) >= 11 is 0. The summed E-state index contributed by atoms with van der Waals surface area (Å²) in [4.78, 5) is 46.1. The lowest BCUT2D eigenvalue weighted by molar-refractivity contribution is -0.393. The molecule has 0 aromatic heterocycles. The first-order valence-corrected chi connectivity index (χ1v) is 7.97. The molecule has 0 aliphatic carbocycles. The Hall–Kier alpha value is -4.15. The maximum Gasteiger partial charge on any atom is 0.301 e. The number of nitro groups is 2. The Balaban J connectivity index is 1.77. The number of nitro benzene ring substituents is 2. The molecule has 142 valence electrons. The van der Waals surface area contributed by atoms with Crippen molar-refractivity contribution in [2.24, 2.45) is 5.10 Å². The highest BCUT2D eigenvalue weighted by Crippen LogP contribution is 2.29. The molecule has 11 nitrogen and oxygen atoms in total. The number of non-ortho nitro benzene ring substituents is 1. The van der Waals surface area contributed by atoms with E-state index in [1.807, 2.05) is 0 Å². The summed E-state index contributed by atoms with van der Waals surface area (Å²) in [6.07, 6.45) is 0. The number of amides is 2. The van der Waals surface area contributed by atoms with Gasteiger partial charge in [-0.1, -0.05) is 12.1 Å². The second-order valence-corrected chi connectivity index (χ2v) is 5.92. The zero-order valence-electron chi connectivity index (χ0n) is 14.5. The number of benzene rings is 2. The normalized spacial score (nSPS) is 13.5. The average molecular weight is 383 g/mol. The van der Waals surface area contributed by atoms with Gasteiger partial charge in [0.15, 0.2) is 0 Å². The van der Waals surface area contributed by atoms with Crippen LogP contribution in [0.15, 0.2) is 47.6 Å². The summed E-state index contributed by atoms with van der Waals surface area (Å²) < 4.78 is 0. The van der Waals surface area contributed by atoms with Gasteiger partial charge in [-0.05, 0) is 25.1 Å². The number of imide groups is 1. The molecule has 1 N–H and O–H groups in total. The van der Waals surface area contributed by atoms with Crippen LogP contribution in [0.2, 0.25) is 0 Å². The van der Waals surface area contributed by atoms with Crippen LogP contribution in [0.5, 0.6) is 0 Å². The maximum atomic E-state index is 12.3. The van der Waals surface area contributed by atoms with Crippen molar-refractivity contribution in [2.75, 3.05) is 12.0 Å². The Morgan fingerprint density at radius 1 is 1.04 bits per heavy atom. The van der Waals surface area contributed by atoms with Crippen LogP contribution in [0.25, 0.3) is 0 Å². The van der Waals surface area contributed by atoms with E-state index in [1.54, 1.807) is 24.3 Å². The predicted molar refractivity (Wildman–Crippen MR) is 98.3 cm³/mol. The predicted octanol–water partition coefficient (Wildman–Crippen LogP) is 2.59. The van der Waals surface area contributed by atoms with Crippen molar-refractivity contribution >= 4 is 34.6 Å². The van der Waals surface area contributed by atoms with Gasteiger partial charge in [0.25, 0.3) is 17.5 Å². The molecule has 1 aliphatic heterocycles. The van der Waals surface area contributed by atoms with Gasteiger partial charge in [0.05, 0.1) is 39.3 Å². The minimum atomic E-state index is -0.773. The Kier molecular flexibility index (Phi) is 4.81. The molecule has 2 aromatic carbocycles. The summed E-state index contributed by atoms with van der Waals surface area (Å²) in [6, 6.07) is 9.51. The second-order valence-electron chi connectivity index (χ2n) is 5.92. The first-order valence-electron chi connectivity index (χ1n) is 7.97. The number of rotatable bonds is 6. The van der Waals surface area contributed by atoms with E-state index < -0.39 is 33.0 Å². The Bertz CT molecular complexity index is 1010. The van der Waals surface area contributed by atoms with E-state index in [1.165, 1.54) is 6.92 Å². The van der Waals surface area contributed by atoms with Gasteiger partial charge in [-0.15, -0.1) is 0 Å². The van der Waals surface area contributed by atoms with Gasteiger partial charge in [0.1, 0.15) is 5.69 Å². The van der Waals surface area contributed by atoms with Crippen molar-refractivity contribution in [1.82, 2.24) is 4.90 Å². The number of nitrogens with one attached hydrogen (secondary N) is 1. The van der Waals surface area contributed by atoms with Crippen LogP contribution in [0.3, 0.4) is 0 Å². The summed E-state index contributed by atoms with van der Waals surface area (Å²) in [5.41, 5.74) is 2.37. The van der Waals surface area contributed by atoms with E-state index in [4.69, 9.17) is 0 Å². The van der Waals surface area contributed by atoms with Crippen LogP contribution in [-0.4, -0.2) is 38.8 Å². The Morgan fingerprint density at radius 3 is 2.18 bits per heavy atom. The largest absolute Gasteiger partial charge is 0.301 e. The van der Waals surface area contributed by atoms with E-state index in [0.717, 1.165) is 23.1 Å². The van der Waals surface area contributed by atoms with E-state index in [9.17, 15) is 29.8 Å². The van der Waals surface area contributed by atoms with Crippen molar-refractivity contribution < 1.29 is 19.4 Å². The molecular weight excluding hydrogens is 370 g/mol. The van der Waals surface area contributed by atoms with E-state index in [0.29, 0.717) is 16.8 Å². The van der Waals surface area contributed by atoms with Gasteiger partial charge in [-0.25, -0.2) is 0 Å². The topological polar surface area (TPSA) is 148 Å². The van der Waals surface area contributed by atoms with Crippen molar-refractivity contribution in [3.05, 3.63) is 73.8 Å². The first kappa shape index (κ1) is 18.6. The molecule has 3 rings (SSSR count). The number of hydrogen-bond donors (Lipinski definition) is 1. The van der Waals surface area contributed by atoms with Crippen LogP contribution < -0.4 is 5.43 Å². The van der Waals surface area contributed by atoms with Gasteiger partial charge in [-0.3, -0.25) is 40.1 Å². The molecule has 2 amide bonds. The fourth-order valence-electron chi connectivity index (χ4n) is 2.68. The number of carbonyl (C=O) groups is 2. The third-order valence-corrected chi connectivity index (χ3v) is 4.02. The Morgan fingerprint density at radius 2 is 1.64 bits per heavy atom. The van der Waals surface area contributed by atoms with Gasteiger partial charge < -0.3 is 0 Å². The molecule has 0 unspecified atom stereocenters. The van der Waals surface area contributed by atoms with Crippen LogP contribution in [0.1, 0.15) is 27.6 Å². The summed E-state index contributed by atoms with van der Waals surface area (Å²) in [7, 11) is 0. The standard InChI is InChI=1S/C17H13N5O6/c1-10(9-20-16(23)12-4-2-3-5-13(12)17(20)24)18-19-14-7-6-11(21(25)26)8-15(14)22(27)28/h2-8,19H,9H2,1H3/b18-10+. The minimum absolute atomic E-state index is 0.0580. The second kappa shape index (κ2) is 7.23. The molecule has 28 heavy (non-hydrogen) atoms. The summed E-state index contributed by atoms with van der Waals surface area (Å²) in [5.74, 6) is -0.895. The molecule has 1 aliphatic rings. The molecule has 0 fully saturated rings. The molecule has 0 bridgehead atoms. The monoisotopic (exact) mass is 383 g/mol. The van der Waals surface area contributed by atoms with Gasteiger partial charge in [-0.2, -0.15) is 5.10 Å². The highest BCUT2D eigenvalue weighted by atomic mass is 16.6. The lowest BCUT2D eigenvalue weighted by Gasteiger charge is -2.13. The van der Waals surface area contributed by atoms with E-state index in [-0.39, 0.29) is 12.2 Å². The lowest BCUT2D eigenvalue weighted by Crippen LogP contribution is -2.34. The van der Waals surface area contributed by atoms with Crippen LogP contribution in [0.4, 0.5) is 17.1 Å². The fraction of sp³-hybridized carbons (Fsp3) is 0.118. The van der Waals surface area contributed by atoms with Crippen LogP contribution in [-0.2, 0) is 0 Å². The zero-order valence-corrected chi connectivity index (χ0v) is 14.5. The first-order chi connectivity index (χ1) is 13.3. The van der Waals surface area contributed by atoms with Crippen molar-refractivity contribution in [2.45, 2.75) is 6.92 Å². The molecule has 0 saturated heterocycles. The zero-order chi connectivity index (χ0) is 20.4. The number of hydrazone groups is 1. The van der Waals surface area contributed by atoms with Crippen LogP contribution in [0, 0.1) is 20.2 Å². The molecule has 0 saturated carbocycles. The van der Waals surface area contributed by atoms with Crippen molar-refractivity contribution in [3.63, 3.8) is 0 Å². The molecule has 0 atom stereocenters. The molecule has 2 aromatic rings. The third kappa shape index (κ3) is 3.40. The van der Waals surface area contributed by atoms with Crippen molar-refractivity contribution in [1.29, 1.82) is 0 Å². The SMILES string of the molecule is C/C(CN1C(=O)c2ccccc2C1=O)=N\Nc1ccc([N+](=O)[O-])cc1[N+](=O)[O-]. The average Bonchev–Trinajstić information content (AvgIpc) is 2.91. The molecule has 11 heteroatoms. The fourth-order valence-corrected chi connectivity index (χ4v) is 2.68. The Labute approximate surface area is 157 Å².